The number of hydrogen-bond acceptors (Lipinski definition) is 2. The summed E-state index contributed by atoms with van der Waals surface area (Å²) in [4.78, 5) is 5.38. The number of aliphatic imine (C=N–C) groups is 1. The van der Waals surface area contributed by atoms with Gasteiger partial charge in [-0.2, -0.15) is 0 Å². The fourth-order valence-corrected chi connectivity index (χ4v) is 1.61. The van der Waals surface area contributed by atoms with Gasteiger partial charge >= 0.3 is 0 Å². The van der Waals surface area contributed by atoms with Crippen molar-refractivity contribution in [2.75, 3.05) is 7.05 Å². The SMILES string of the molecule is CC1=NC=C(Br)C(C(F)F)N1C. The molecule has 1 aliphatic heterocycles. The molecule has 1 unspecified atom stereocenters. The third-order valence-electron chi connectivity index (χ3n) is 1.82. The first-order chi connectivity index (χ1) is 5.54. The number of halogens is 3. The molecule has 0 aromatic heterocycles. The van der Waals surface area contributed by atoms with E-state index < -0.39 is 12.5 Å². The summed E-state index contributed by atoms with van der Waals surface area (Å²) >= 11 is 3.06. The molecule has 0 radical (unpaired) electrons. The van der Waals surface area contributed by atoms with Crippen LogP contribution in [-0.2, 0) is 0 Å². The predicted molar refractivity (Wildman–Crippen MR) is 47.7 cm³/mol. The van der Waals surface area contributed by atoms with Crippen molar-refractivity contribution in [1.29, 1.82) is 0 Å². The molecule has 0 aromatic rings. The Kier molecular flexibility index (Phi) is 2.82. The van der Waals surface area contributed by atoms with Crippen molar-refractivity contribution in [3.8, 4) is 0 Å². The average molecular weight is 239 g/mol. The first kappa shape index (κ1) is 9.64. The molecule has 0 spiro atoms. The maximum atomic E-state index is 12.4. The summed E-state index contributed by atoms with van der Waals surface area (Å²) in [6.07, 6.45) is -0.974. The lowest BCUT2D eigenvalue weighted by atomic mass is 10.2. The van der Waals surface area contributed by atoms with Gasteiger partial charge in [-0.3, -0.25) is 0 Å². The Morgan fingerprint density at radius 3 is 2.67 bits per heavy atom. The lowest BCUT2D eigenvalue weighted by Gasteiger charge is -2.30. The molecule has 0 N–H and O–H groups in total. The molecule has 2 nitrogen and oxygen atoms in total. The van der Waals surface area contributed by atoms with Gasteiger partial charge in [0.15, 0.2) is 0 Å². The molecule has 0 fully saturated rings. The number of amidine groups is 1. The van der Waals surface area contributed by atoms with Crippen LogP contribution in [0.5, 0.6) is 0 Å². The summed E-state index contributed by atoms with van der Waals surface area (Å²) in [5, 5.41) is 0. The Morgan fingerprint density at radius 1 is 1.67 bits per heavy atom. The maximum absolute atomic E-state index is 12.4. The summed E-state index contributed by atoms with van der Waals surface area (Å²) in [5.74, 6) is 0.600. The average Bonchev–Trinajstić information content (AvgIpc) is 1.97. The second-order valence-electron chi connectivity index (χ2n) is 2.58. The summed E-state index contributed by atoms with van der Waals surface area (Å²) < 4.78 is 25.3. The second kappa shape index (κ2) is 3.51. The molecule has 1 atom stereocenters. The topological polar surface area (TPSA) is 15.6 Å². The van der Waals surface area contributed by atoms with Gasteiger partial charge in [-0.05, 0) is 6.92 Å². The highest BCUT2D eigenvalue weighted by Crippen LogP contribution is 2.25. The van der Waals surface area contributed by atoms with Gasteiger partial charge in [0.25, 0.3) is 6.43 Å². The molecule has 0 aromatic carbocycles. The minimum Gasteiger partial charge on any atom is -0.350 e. The van der Waals surface area contributed by atoms with E-state index in [2.05, 4.69) is 20.9 Å². The Bertz CT molecular complexity index is 238. The molecule has 0 saturated carbocycles. The van der Waals surface area contributed by atoms with Crippen molar-refractivity contribution in [2.45, 2.75) is 19.4 Å². The van der Waals surface area contributed by atoms with Crippen LogP contribution < -0.4 is 0 Å². The van der Waals surface area contributed by atoms with Crippen LogP contribution in [0, 0.1) is 0 Å². The summed E-state index contributed by atoms with van der Waals surface area (Å²) in [6, 6.07) is -0.887. The molecular weight excluding hydrogens is 230 g/mol. The number of alkyl halides is 2. The Hall–Kier alpha value is -0.450. The van der Waals surface area contributed by atoms with Crippen LogP contribution in [0.3, 0.4) is 0 Å². The highest BCUT2D eigenvalue weighted by atomic mass is 79.9. The van der Waals surface area contributed by atoms with E-state index in [1.165, 1.54) is 11.1 Å². The highest BCUT2D eigenvalue weighted by Gasteiger charge is 2.30. The van der Waals surface area contributed by atoms with E-state index in [-0.39, 0.29) is 0 Å². The minimum atomic E-state index is -2.40. The molecule has 5 heteroatoms. The van der Waals surface area contributed by atoms with E-state index in [9.17, 15) is 8.78 Å². The van der Waals surface area contributed by atoms with Crippen LogP contribution in [-0.4, -0.2) is 30.3 Å². The molecule has 0 aliphatic carbocycles. The second-order valence-corrected chi connectivity index (χ2v) is 3.50. The van der Waals surface area contributed by atoms with Crippen LogP contribution in [0.25, 0.3) is 0 Å². The smallest absolute Gasteiger partial charge is 0.263 e. The zero-order valence-electron chi connectivity index (χ0n) is 6.76. The van der Waals surface area contributed by atoms with Gasteiger partial charge in [0.05, 0.1) is 0 Å². The van der Waals surface area contributed by atoms with E-state index in [4.69, 9.17) is 0 Å². The first-order valence-electron chi connectivity index (χ1n) is 3.45. The molecule has 1 heterocycles. The van der Waals surface area contributed by atoms with E-state index in [0.29, 0.717) is 10.3 Å². The highest BCUT2D eigenvalue weighted by molar-refractivity contribution is 9.11. The summed E-state index contributed by atoms with van der Waals surface area (Å²) in [5.41, 5.74) is 0. The molecule has 68 valence electrons. The van der Waals surface area contributed by atoms with Crippen molar-refractivity contribution < 1.29 is 8.78 Å². The van der Waals surface area contributed by atoms with Crippen molar-refractivity contribution in [2.24, 2.45) is 4.99 Å². The Labute approximate surface area is 78.1 Å². The van der Waals surface area contributed by atoms with Gasteiger partial charge in [0, 0.05) is 17.7 Å². The lowest BCUT2D eigenvalue weighted by Crippen LogP contribution is -2.42. The largest absolute Gasteiger partial charge is 0.350 e. The van der Waals surface area contributed by atoms with Crippen LogP contribution in [0.2, 0.25) is 0 Å². The maximum Gasteiger partial charge on any atom is 0.263 e. The van der Waals surface area contributed by atoms with Crippen molar-refractivity contribution in [1.82, 2.24) is 4.90 Å². The molecule has 1 aliphatic rings. The lowest BCUT2D eigenvalue weighted by molar-refractivity contribution is 0.0859. The fraction of sp³-hybridized carbons (Fsp3) is 0.571. The van der Waals surface area contributed by atoms with Crippen LogP contribution >= 0.6 is 15.9 Å². The quantitative estimate of drug-likeness (QED) is 0.685. The Morgan fingerprint density at radius 2 is 2.25 bits per heavy atom. The van der Waals surface area contributed by atoms with Crippen LogP contribution in [0.15, 0.2) is 15.7 Å². The van der Waals surface area contributed by atoms with Gasteiger partial charge in [0.2, 0.25) is 0 Å². The van der Waals surface area contributed by atoms with Gasteiger partial charge in [0.1, 0.15) is 11.9 Å². The van der Waals surface area contributed by atoms with Gasteiger partial charge in [-0.1, -0.05) is 15.9 Å². The molecular formula is C7H9BrF2N2. The number of rotatable bonds is 1. The molecule has 0 amide bonds. The number of likely N-dealkylation sites (N-methyl/N-ethyl adjacent to an activating group) is 1. The molecule has 12 heavy (non-hydrogen) atoms. The van der Waals surface area contributed by atoms with E-state index >= 15 is 0 Å². The first-order valence-corrected chi connectivity index (χ1v) is 4.24. The van der Waals surface area contributed by atoms with Crippen LogP contribution in [0.1, 0.15) is 6.92 Å². The minimum absolute atomic E-state index is 0.422. The summed E-state index contributed by atoms with van der Waals surface area (Å²) in [7, 11) is 1.60. The molecule has 0 saturated heterocycles. The van der Waals surface area contributed by atoms with Crippen molar-refractivity contribution in [3.05, 3.63) is 10.7 Å². The van der Waals surface area contributed by atoms with E-state index in [1.54, 1.807) is 14.0 Å². The Balaban J connectivity index is 2.89. The van der Waals surface area contributed by atoms with E-state index in [1.807, 2.05) is 0 Å². The molecule has 0 bridgehead atoms. The third kappa shape index (κ3) is 1.65. The zero-order chi connectivity index (χ0) is 9.30. The van der Waals surface area contributed by atoms with Crippen molar-refractivity contribution in [3.63, 3.8) is 0 Å². The van der Waals surface area contributed by atoms with Gasteiger partial charge in [-0.15, -0.1) is 0 Å². The summed E-state index contributed by atoms with van der Waals surface area (Å²) in [6.45, 7) is 1.70. The third-order valence-corrected chi connectivity index (χ3v) is 2.50. The van der Waals surface area contributed by atoms with Crippen molar-refractivity contribution >= 4 is 21.8 Å². The van der Waals surface area contributed by atoms with Gasteiger partial charge in [-0.25, -0.2) is 13.8 Å². The molecule has 1 rings (SSSR count). The number of hydrogen-bond donors (Lipinski definition) is 0. The zero-order valence-corrected chi connectivity index (χ0v) is 8.35. The standard InChI is InChI=1S/C7H9BrF2N2/c1-4-11-3-5(8)6(7(9)10)12(4)2/h3,6-7H,1-2H3. The normalized spacial score (nSPS) is 24.2. The monoisotopic (exact) mass is 238 g/mol. The predicted octanol–water partition coefficient (Wildman–Crippen LogP) is 2.22. The van der Waals surface area contributed by atoms with E-state index in [0.717, 1.165) is 0 Å². The van der Waals surface area contributed by atoms with Crippen LogP contribution in [0.4, 0.5) is 8.78 Å². The fourth-order valence-electron chi connectivity index (χ4n) is 0.998. The number of nitrogens with zero attached hydrogens (tertiary/aromatic N) is 2. The van der Waals surface area contributed by atoms with Gasteiger partial charge < -0.3 is 4.90 Å².